The van der Waals surface area contributed by atoms with Crippen LogP contribution in [-0.2, 0) is 4.79 Å². The van der Waals surface area contributed by atoms with Gasteiger partial charge in [0.15, 0.2) is 0 Å². The third-order valence-electron chi connectivity index (χ3n) is 2.70. The molecule has 0 radical (unpaired) electrons. The summed E-state index contributed by atoms with van der Waals surface area (Å²) < 4.78 is 0. The Morgan fingerprint density at radius 2 is 2.11 bits per heavy atom. The van der Waals surface area contributed by atoms with E-state index >= 15 is 0 Å². The summed E-state index contributed by atoms with van der Waals surface area (Å²) in [6.45, 7) is 5.31. The number of Topliss-reactive ketones (excluding diaryl/α,β-unsaturated/α-hetero) is 1. The van der Waals surface area contributed by atoms with Crippen molar-refractivity contribution in [1.29, 1.82) is 0 Å². The summed E-state index contributed by atoms with van der Waals surface area (Å²) in [6.07, 6.45) is 0. The van der Waals surface area contributed by atoms with Crippen LogP contribution in [0.5, 0.6) is 0 Å². The molecule has 0 atom stereocenters. The summed E-state index contributed by atoms with van der Waals surface area (Å²) in [5.74, 6) is -1.05. The number of ketones is 1. The van der Waals surface area contributed by atoms with Crippen molar-refractivity contribution in [1.82, 2.24) is 4.98 Å². The molecule has 0 aliphatic carbocycles. The maximum absolute atomic E-state index is 11.4. The van der Waals surface area contributed by atoms with Gasteiger partial charge in [-0.05, 0) is 32.4 Å². The van der Waals surface area contributed by atoms with Crippen molar-refractivity contribution in [2.45, 2.75) is 20.8 Å². The first kappa shape index (κ1) is 13.5. The van der Waals surface area contributed by atoms with Crippen molar-refractivity contribution in [3.8, 4) is 0 Å². The molecule has 2 heterocycles. The number of carbonyl (C=O) groups is 2. The number of aromatic nitrogens is 1. The number of anilines is 1. The van der Waals surface area contributed by atoms with Crippen LogP contribution >= 0.6 is 11.3 Å². The predicted octanol–water partition coefficient (Wildman–Crippen LogP) is 2.61. The molecule has 100 valence electrons. The van der Waals surface area contributed by atoms with Gasteiger partial charge in [-0.2, -0.15) is 0 Å². The van der Waals surface area contributed by atoms with Crippen LogP contribution in [-0.4, -0.2) is 28.4 Å². The first-order valence-electron chi connectivity index (χ1n) is 5.77. The molecule has 19 heavy (non-hydrogen) atoms. The van der Waals surface area contributed by atoms with E-state index in [-0.39, 0.29) is 17.9 Å². The quantitative estimate of drug-likeness (QED) is 0.898. The molecule has 0 unspecified atom stereocenters. The van der Waals surface area contributed by atoms with Crippen LogP contribution in [0.1, 0.15) is 28.5 Å². The van der Waals surface area contributed by atoms with Crippen molar-refractivity contribution >= 4 is 38.3 Å². The van der Waals surface area contributed by atoms with Crippen LogP contribution in [0.3, 0.4) is 0 Å². The summed E-state index contributed by atoms with van der Waals surface area (Å²) in [6, 6.07) is 1.86. The van der Waals surface area contributed by atoms with Crippen molar-refractivity contribution in [3.05, 3.63) is 22.9 Å². The number of rotatable bonds is 4. The molecule has 0 amide bonds. The van der Waals surface area contributed by atoms with Gasteiger partial charge in [0.2, 0.25) is 0 Å². The molecular formula is C13H14N2O3S. The zero-order valence-corrected chi connectivity index (χ0v) is 11.7. The van der Waals surface area contributed by atoms with E-state index < -0.39 is 5.97 Å². The van der Waals surface area contributed by atoms with E-state index in [0.29, 0.717) is 15.2 Å². The van der Waals surface area contributed by atoms with Gasteiger partial charge in [0, 0.05) is 11.1 Å². The average molecular weight is 278 g/mol. The van der Waals surface area contributed by atoms with Gasteiger partial charge in [-0.25, -0.2) is 9.78 Å². The maximum Gasteiger partial charge on any atom is 0.339 e. The van der Waals surface area contributed by atoms with Gasteiger partial charge >= 0.3 is 5.97 Å². The lowest BCUT2D eigenvalue weighted by atomic mass is 10.1. The number of carboxylic acids is 1. The van der Waals surface area contributed by atoms with Gasteiger partial charge in [-0.1, -0.05) is 11.3 Å². The third kappa shape index (κ3) is 2.58. The van der Waals surface area contributed by atoms with Crippen LogP contribution in [0, 0.1) is 13.8 Å². The number of hydrogen-bond acceptors (Lipinski definition) is 5. The Morgan fingerprint density at radius 3 is 2.68 bits per heavy atom. The lowest BCUT2D eigenvalue weighted by Gasteiger charge is -2.03. The summed E-state index contributed by atoms with van der Waals surface area (Å²) in [4.78, 5) is 27.5. The van der Waals surface area contributed by atoms with Crippen molar-refractivity contribution in [2.75, 3.05) is 11.9 Å². The minimum absolute atomic E-state index is 0.0466. The van der Waals surface area contributed by atoms with Gasteiger partial charge in [0.1, 0.15) is 21.2 Å². The van der Waals surface area contributed by atoms with E-state index in [0.717, 1.165) is 11.3 Å². The Hall–Kier alpha value is -1.95. The highest BCUT2D eigenvalue weighted by Crippen LogP contribution is 2.36. The minimum atomic E-state index is -1.01. The molecule has 5 nitrogen and oxygen atoms in total. The van der Waals surface area contributed by atoms with E-state index in [4.69, 9.17) is 0 Å². The predicted molar refractivity (Wildman–Crippen MR) is 75.2 cm³/mol. The molecule has 0 saturated heterocycles. The second-order valence-electron chi connectivity index (χ2n) is 4.43. The molecule has 0 aliphatic rings. The Bertz CT molecular complexity index is 676. The highest BCUT2D eigenvalue weighted by atomic mass is 32.1. The number of carbonyl (C=O) groups excluding carboxylic acids is 1. The molecule has 2 aromatic rings. The van der Waals surface area contributed by atoms with E-state index in [1.807, 2.05) is 19.9 Å². The number of fused-ring (bicyclic) bond motifs is 1. The molecule has 6 heteroatoms. The minimum Gasteiger partial charge on any atom is -0.478 e. The van der Waals surface area contributed by atoms with Crippen LogP contribution in [0.15, 0.2) is 6.07 Å². The van der Waals surface area contributed by atoms with Crippen LogP contribution in [0.2, 0.25) is 0 Å². The molecule has 2 aromatic heterocycles. The molecule has 0 saturated carbocycles. The Balaban J connectivity index is 2.63. The van der Waals surface area contributed by atoms with Crippen molar-refractivity contribution < 1.29 is 14.7 Å². The topological polar surface area (TPSA) is 79.3 Å². The van der Waals surface area contributed by atoms with Gasteiger partial charge in [0.25, 0.3) is 0 Å². The number of aromatic carboxylic acids is 1. The van der Waals surface area contributed by atoms with E-state index in [9.17, 15) is 14.7 Å². The zero-order chi connectivity index (χ0) is 14.2. The third-order valence-corrected chi connectivity index (χ3v) is 3.74. The number of pyridine rings is 1. The highest BCUT2D eigenvalue weighted by molar-refractivity contribution is 7.23. The normalized spacial score (nSPS) is 10.7. The fourth-order valence-electron chi connectivity index (χ4n) is 1.97. The molecule has 2 rings (SSSR count). The lowest BCUT2D eigenvalue weighted by molar-refractivity contribution is -0.115. The second-order valence-corrected chi connectivity index (χ2v) is 5.43. The number of carboxylic acid groups (broad SMARTS) is 1. The van der Waals surface area contributed by atoms with Gasteiger partial charge in [0.05, 0.1) is 6.54 Å². The number of aryl methyl sites for hydroxylation is 2. The molecule has 0 fully saturated rings. The first-order valence-corrected chi connectivity index (χ1v) is 6.59. The Morgan fingerprint density at radius 1 is 1.42 bits per heavy atom. The number of nitrogens with zero attached hydrogens (tertiary/aromatic N) is 1. The molecule has 2 N–H and O–H groups in total. The second kappa shape index (κ2) is 4.97. The summed E-state index contributed by atoms with van der Waals surface area (Å²) >= 11 is 1.27. The standard InChI is InChI=1S/C13H14N2O3S/c1-6-4-7(2)15-12-9(6)10(13(17)18)11(19-12)14-5-8(3)16/h4,14H,5H2,1-3H3,(H,17,18). The summed E-state index contributed by atoms with van der Waals surface area (Å²) in [7, 11) is 0. The van der Waals surface area contributed by atoms with Crippen LogP contribution in [0.4, 0.5) is 5.00 Å². The Kier molecular flexibility index (Phi) is 3.53. The fraction of sp³-hybridized carbons (Fsp3) is 0.308. The molecule has 0 bridgehead atoms. The first-order chi connectivity index (χ1) is 8.90. The fourth-order valence-corrected chi connectivity index (χ4v) is 3.16. The Labute approximate surface area is 114 Å². The number of nitrogens with one attached hydrogen (secondary N) is 1. The monoisotopic (exact) mass is 278 g/mol. The van der Waals surface area contributed by atoms with Crippen LogP contribution in [0.25, 0.3) is 10.2 Å². The molecule has 0 spiro atoms. The molecule has 0 aromatic carbocycles. The summed E-state index contributed by atoms with van der Waals surface area (Å²) in [5.41, 5.74) is 1.93. The highest BCUT2D eigenvalue weighted by Gasteiger charge is 2.21. The van der Waals surface area contributed by atoms with E-state index in [1.54, 1.807) is 0 Å². The molecule has 0 aliphatic heterocycles. The lowest BCUT2D eigenvalue weighted by Crippen LogP contribution is -2.11. The van der Waals surface area contributed by atoms with Gasteiger partial charge < -0.3 is 10.4 Å². The maximum atomic E-state index is 11.4. The van der Waals surface area contributed by atoms with Gasteiger partial charge in [-0.3, -0.25) is 4.79 Å². The zero-order valence-electron chi connectivity index (χ0n) is 10.9. The van der Waals surface area contributed by atoms with E-state index in [2.05, 4.69) is 10.3 Å². The van der Waals surface area contributed by atoms with E-state index in [1.165, 1.54) is 18.3 Å². The van der Waals surface area contributed by atoms with Crippen molar-refractivity contribution in [3.63, 3.8) is 0 Å². The number of hydrogen-bond donors (Lipinski definition) is 2. The smallest absolute Gasteiger partial charge is 0.339 e. The van der Waals surface area contributed by atoms with Crippen molar-refractivity contribution in [2.24, 2.45) is 0 Å². The number of thiophene rings is 1. The summed E-state index contributed by atoms with van der Waals surface area (Å²) in [5, 5.41) is 13.4. The average Bonchev–Trinajstić information content (AvgIpc) is 2.64. The van der Waals surface area contributed by atoms with Crippen LogP contribution < -0.4 is 5.32 Å². The molecular weight excluding hydrogens is 264 g/mol. The SMILES string of the molecule is CC(=O)CNc1sc2nc(C)cc(C)c2c1C(=O)O. The largest absolute Gasteiger partial charge is 0.478 e. The van der Waals surface area contributed by atoms with Gasteiger partial charge in [-0.15, -0.1) is 0 Å².